The molecular formula is C19H17ClN2OS. The molecule has 4 rings (SSSR count). The van der Waals surface area contributed by atoms with Gasteiger partial charge in [-0.3, -0.25) is 4.79 Å². The van der Waals surface area contributed by atoms with Crippen molar-refractivity contribution in [3.05, 3.63) is 71.4 Å². The number of halogens is 1. The number of carbonyl (C=O) groups excluding carboxylic acids is 1. The molecule has 1 aliphatic heterocycles. The van der Waals surface area contributed by atoms with Crippen molar-refractivity contribution < 1.29 is 4.79 Å². The van der Waals surface area contributed by atoms with Gasteiger partial charge in [0.25, 0.3) is 0 Å². The largest absolute Gasteiger partial charge is 0.338 e. The van der Waals surface area contributed by atoms with E-state index in [1.165, 1.54) is 0 Å². The molecule has 2 heterocycles. The Hall–Kier alpha value is -1.91. The first-order valence-electron chi connectivity index (χ1n) is 7.93. The topological polar surface area (TPSA) is 25.2 Å². The van der Waals surface area contributed by atoms with Crippen LogP contribution in [-0.4, -0.2) is 27.7 Å². The lowest BCUT2D eigenvalue weighted by Gasteiger charge is -2.25. The second-order valence-corrected chi connectivity index (χ2v) is 7.43. The summed E-state index contributed by atoms with van der Waals surface area (Å²) in [6.07, 6.45) is 1.98. The third-order valence-electron chi connectivity index (χ3n) is 4.37. The molecule has 0 bridgehead atoms. The summed E-state index contributed by atoms with van der Waals surface area (Å²) in [6, 6.07) is 18.0. The number of thioether (sulfide) groups is 1. The van der Waals surface area contributed by atoms with Crippen LogP contribution in [0.5, 0.6) is 0 Å². The van der Waals surface area contributed by atoms with Gasteiger partial charge >= 0.3 is 0 Å². The van der Waals surface area contributed by atoms with Crippen molar-refractivity contribution in [2.45, 2.75) is 11.9 Å². The maximum atomic E-state index is 12.9. The first-order chi connectivity index (χ1) is 11.7. The average molecular weight is 357 g/mol. The van der Waals surface area contributed by atoms with Gasteiger partial charge in [0.2, 0.25) is 5.91 Å². The van der Waals surface area contributed by atoms with Gasteiger partial charge in [0.15, 0.2) is 0 Å². The standard InChI is InChI=1S/C19H17ClN2OS/c20-16-7-3-2-6-15(16)19-22(11-12-24-19)18(23)13-21-10-9-14-5-1-4-8-17(14)21/h1-10,19H,11-13H2. The summed E-state index contributed by atoms with van der Waals surface area (Å²) in [5.74, 6) is 1.07. The van der Waals surface area contributed by atoms with Gasteiger partial charge in [-0.2, -0.15) is 0 Å². The van der Waals surface area contributed by atoms with Crippen LogP contribution >= 0.6 is 23.4 Å². The number of para-hydroxylation sites is 1. The molecule has 0 aliphatic carbocycles. The average Bonchev–Trinajstić information content (AvgIpc) is 3.23. The number of carbonyl (C=O) groups is 1. The van der Waals surface area contributed by atoms with Crippen molar-refractivity contribution in [2.24, 2.45) is 0 Å². The predicted molar refractivity (Wildman–Crippen MR) is 100 cm³/mol. The molecule has 0 radical (unpaired) electrons. The first kappa shape index (κ1) is 15.6. The SMILES string of the molecule is O=C(Cn1ccc2ccccc21)N1CCSC1c1ccccc1Cl. The molecule has 1 fully saturated rings. The molecule has 0 saturated carbocycles. The Morgan fingerprint density at radius 1 is 1.12 bits per heavy atom. The normalized spacial score (nSPS) is 17.5. The lowest BCUT2D eigenvalue weighted by Crippen LogP contribution is -2.33. The molecule has 2 aromatic carbocycles. The van der Waals surface area contributed by atoms with Crippen LogP contribution in [0.2, 0.25) is 5.02 Å². The van der Waals surface area contributed by atoms with Crippen LogP contribution in [-0.2, 0) is 11.3 Å². The summed E-state index contributed by atoms with van der Waals surface area (Å²) in [6.45, 7) is 1.12. The summed E-state index contributed by atoms with van der Waals surface area (Å²) in [4.78, 5) is 14.8. The van der Waals surface area contributed by atoms with Crippen LogP contribution < -0.4 is 0 Å². The lowest BCUT2D eigenvalue weighted by molar-refractivity contribution is -0.131. The zero-order chi connectivity index (χ0) is 16.5. The zero-order valence-electron chi connectivity index (χ0n) is 13.1. The number of benzene rings is 2. The lowest BCUT2D eigenvalue weighted by atomic mass is 10.2. The molecule has 3 nitrogen and oxygen atoms in total. The van der Waals surface area contributed by atoms with Crippen molar-refractivity contribution in [2.75, 3.05) is 12.3 Å². The van der Waals surface area contributed by atoms with E-state index in [-0.39, 0.29) is 11.3 Å². The van der Waals surface area contributed by atoms with E-state index in [0.717, 1.165) is 33.8 Å². The van der Waals surface area contributed by atoms with Crippen molar-refractivity contribution >= 4 is 40.2 Å². The fourth-order valence-corrected chi connectivity index (χ4v) is 4.79. The smallest absolute Gasteiger partial charge is 0.243 e. The van der Waals surface area contributed by atoms with Gasteiger partial charge in [-0.05, 0) is 23.6 Å². The third-order valence-corrected chi connectivity index (χ3v) is 5.96. The van der Waals surface area contributed by atoms with Crippen LogP contribution in [0, 0.1) is 0 Å². The third kappa shape index (κ3) is 2.80. The Bertz CT molecular complexity index is 892. The van der Waals surface area contributed by atoms with Crippen molar-refractivity contribution in [1.82, 2.24) is 9.47 Å². The molecule has 24 heavy (non-hydrogen) atoms. The fraction of sp³-hybridized carbons (Fsp3) is 0.211. The van der Waals surface area contributed by atoms with Gasteiger partial charge < -0.3 is 9.47 Å². The van der Waals surface area contributed by atoms with Crippen LogP contribution in [0.15, 0.2) is 60.8 Å². The molecule has 1 unspecified atom stereocenters. The van der Waals surface area contributed by atoms with Gasteiger partial charge in [-0.15, -0.1) is 11.8 Å². The number of hydrogen-bond acceptors (Lipinski definition) is 2. The van der Waals surface area contributed by atoms with E-state index in [4.69, 9.17) is 11.6 Å². The maximum absolute atomic E-state index is 12.9. The number of aromatic nitrogens is 1. The predicted octanol–water partition coefficient (Wildman–Crippen LogP) is 4.57. The van der Waals surface area contributed by atoms with Gasteiger partial charge in [0, 0.05) is 34.6 Å². The van der Waals surface area contributed by atoms with Crippen molar-refractivity contribution in [3.63, 3.8) is 0 Å². The van der Waals surface area contributed by atoms with Gasteiger partial charge in [0.1, 0.15) is 11.9 Å². The highest BCUT2D eigenvalue weighted by atomic mass is 35.5. The number of amides is 1. The molecule has 1 saturated heterocycles. The number of rotatable bonds is 3. The van der Waals surface area contributed by atoms with Crippen LogP contribution in [0.1, 0.15) is 10.9 Å². The second-order valence-electron chi connectivity index (χ2n) is 5.83. The van der Waals surface area contributed by atoms with E-state index in [9.17, 15) is 4.79 Å². The Morgan fingerprint density at radius 3 is 2.79 bits per heavy atom. The summed E-state index contributed by atoms with van der Waals surface area (Å²) in [5.41, 5.74) is 2.11. The Balaban J connectivity index is 1.58. The van der Waals surface area contributed by atoms with Crippen molar-refractivity contribution in [1.29, 1.82) is 0 Å². The molecule has 1 aromatic heterocycles. The molecule has 3 aromatic rings. The molecular weight excluding hydrogens is 340 g/mol. The van der Waals surface area contributed by atoms with Crippen molar-refractivity contribution in [3.8, 4) is 0 Å². The minimum absolute atomic E-state index is 0.00743. The molecule has 0 N–H and O–H groups in total. The van der Waals surface area contributed by atoms with Crippen LogP contribution in [0.4, 0.5) is 0 Å². The van der Waals surface area contributed by atoms with Gasteiger partial charge in [-0.25, -0.2) is 0 Å². The highest BCUT2D eigenvalue weighted by Gasteiger charge is 2.31. The molecule has 1 amide bonds. The maximum Gasteiger partial charge on any atom is 0.243 e. The Kier molecular flexibility index (Phi) is 4.25. The molecule has 122 valence electrons. The Labute approximate surface area is 150 Å². The summed E-state index contributed by atoms with van der Waals surface area (Å²) in [7, 11) is 0. The molecule has 5 heteroatoms. The zero-order valence-corrected chi connectivity index (χ0v) is 14.6. The first-order valence-corrected chi connectivity index (χ1v) is 9.36. The fourth-order valence-electron chi connectivity index (χ4n) is 3.17. The van der Waals surface area contributed by atoms with E-state index in [1.54, 1.807) is 11.8 Å². The minimum atomic E-state index is 0.00743. The second kappa shape index (κ2) is 6.54. The molecule has 1 atom stereocenters. The summed E-state index contributed by atoms with van der Waals surface area (Å²) < 4.78 is 2.02. The monoisotopic (exact) mass is 356 g/mol. The van der Waals surface area contributed by atoms with E-state index < -0.39 is 0 Å². The van der Waals surface area contributed by atoms with E-state index in [2.05, 4.69) is 6.07 Å². The number of hydrogen-bond donors (Lipinski definition) is 0. The summed E-state index contributed by atoms with van der Waals surface area (Å²) in [5, 5.41) is 1.89. The number of fused-ring (bicyclic) bond motifs is 1. The molecule has 1 aliphatic rings. The highest BCUT2D eigenvalue weighted by Crippen LogP contribution is 2.40. The summed E-state index contributed by atoms with van der Waals surface area (Å²) >= 11 is 8.11. The molecule has 0 spiro atoms. The van der Waals surface area contributed by atoms with E-state index in [1.807, 2.05) is 64.2 Å². The highest BCUT2D eigenvalue weighted by molar-refractivity contribution is 7.99. The van der Waals surface area contributed by atoms with Gasteiger partial charge in [-0.1, -0.05) is 48.0 Å². The number of nitrogens with zero attached hydrogens (tertiary/aromatic N) is 2. The Morgan fingerprint density at radius 2 is 1.92 bits per heavy atom. The van der Waals surface area contributed by atoms with E-state index in [0.29, 0.717) is 6.54 Å². The van der Waals surface area contributed by atoms with E-state index >= 15 is 0 Å². The van der Waals surface area contributed by atoms with Crippen LogP contribution in [0.25, 0.3) is 10.9 Å². The minimum Gasteiger partial charge on any atom is -0.338 e. The van der Waals surface area contributed by atoms with Crippen LogP contribution in [0.3, 0.4) is 0 Å². The quantitative estimate of drug-likeness (QED) is 0.686. The van der Waals surface area contributed by atoms with Gasteiger partial charge in [0.05, 0.1) is 0 Å².